The molecule has 25 heavy (non-hydrogen) atoms. The smallest absolute Gasteiger partial charge is 0.270 e. The lowest BCUT2D eigenvalue weighted by Gasteiger charge is -2.31. The van der Waals surface area contributed by atoms with Gasteiger partial charge in [0.25, 0.3) is 5.91 Å². The predicted octanol–water partition coefficient (Wildman–Crippen LogP) is 2.52. The first kappa shape index (κ1) is 15.7. The van der Waals surface area contributed by atoms with E-state index < -0.39 is 0 Å². The molecule has 2 aromatic rings. The normalized spacial score (nSPS) is 17.4. The summed E-state index contributed by atoms with van der Waals surface area (Å²) in [4.78, 5) is 29.9. The van der Waals surface area contributed by atoms with Gasteiger partial charge in [-0.25, -0.2) is 0 Å². The van der Waals surface area contributed by atoms with E-state index in [1.54, 1.807) is 35.4 Å². The molecule has 0 saturated carbocycles. The van der Waals surface area contributed by atoms with Crippen molar-refractivity contribution >= 4 is 11.7 Å². The fraction of sp³-hybridized carbons (Fsp3) is 0.368. The van der Waals surface area contributed by atoms with Crippen LogP contribution in [-0.2, 0) is 0 Å². The Kier molecular flexibility index (Phi) is 4.17. The molecule has 0 spiro atoms. The van der Waals surface area contributed by atoms with Crippen LogP contribution in [0, 0.1) is 5.92 Å². The van der Waals surface area contributed by atoms with Crippen LogP contribution >= 0.6 is 0 Å². The van der Waals surface area contributed by atoms with Crippen LogP contribution in [-0.4, -0.2) is 47.9 Å². The summed E-state index contributed by atoms with van der Waals surface area (Å²) in [7, 11) is 0. The number of fused-ring (bicyclic) bond motifs is 1. The summed E-state index contributed by atoms with van der Waals surface area (Å²) in [6, 6.07) is 8.95. The molecule has 0 aliphatic carbocycles. The van der Waals surface area contributed by atoms with Crippen molar-refractivity contribution in [1.82, 2.24) is 9.88 Å². The number of carbonyl (C=O) groups is 2. The summed E-state index contributed by atoms with van der Waals surface area (Å²) >= 11 is 0. The van der Waals surface area contributed by atoms with Gasteiger partial charge in [-0.15, -0.1) is 0 Å². The monoisotopic (exact) mass is 340 g/mol. The number of Topliss-reactive ketones (excluding diaryl/α,β-unsaturated/α-hetero) is 1. The molecule has 0 unspecified atom stereocenters. The molecule has 2 aliphatic rings. The summed E-state index contributed by atoms with van der Waals surface area (Å²) in [5, 5.41) is 0. The standard InChI is InChI=1S/C19H20N2O4/c22-18(14-3-4-16-17(12-14)25-11-10-24-16)13-5-8-21(9-6-13)19(23)15-2-1-7-20-15/h1-4,7,12-13,20H,5-6,8-11H2. The number of rotatable bonds is 3. The number of piperidine rings is 1. The van der Waals surface area contributed by atoms with Crippen LogP contribution in [0.25, 0.3) is 0 Å². The lowest BCUT2D eigenvalue weighted by molar-refractivity contribution is 0.0646. The molecular weight excluding hydrogens is 320 g/mol. The Hall–Kier alpha value is -2.76. The Morgan fingerprint density at radius 1 is 1.04 bits per heavy atom. The number of likely N-dealkylation sites (tertiary alicyclic amines) is 1. The molecule has 0 atom stereocenters. The Bertz CT molecular complexity index is 777. The van der Waals surface area contributed by atoms with Crippen molar-refractivity contribution < 1.29 is 19.1 Å². The van der Waals surface area contributed by atoms with Crippen LogP contribution in [0.3, 0.4) is 0 Å². The van der Waals surface area contributed by atoms with Crippen LogP contribution < -0.4 is 9.47 Å². The highest BCUT2D eigenvalue weighted by molar-refractivity contribution is 5.99. The highest BCUT2D eigenvalue weighted by Gasteiger charge is 2.29. The second-order valence-corrected chi connectivity index (χ2v) is 6.37. The zero-order valence-electron chi connectivity index (χ0n) is 13.9. The maximum Gasteiger partial charge on any atom is 0.270 e. The first-order valence-electron chi connectivity index (χ1n) is 8.59. The third-order valence-electron chi connectivity index (χ3n) is 4.81. The number of carbonyl (C=O) groups excluding carboxylic acids is 2. The van der Waals surface area contributed by atoms with Crippen molar-refractivity contribution in [3.05, 3.63) is 47.8 Å². The highest BCUT2D eigenvalue weighted by Crippen LogP contribution is 2.32. The zero-order valence-corrected chi connectivity index (χ0v) is 13.9. The largest absolute Gasteiger partial charge is 0.486 e. The Balaban J connectivity index is 1.40. The molecule has 1 N–H and O–H groups in total. The fourth-order valence-electron chi connectivity index (χ4n) is 3.41. The molecule has 0 radical (unpaired) electrons. The minimum absolute atomic E-state index is 0.00442. The summed E-state index contributed by atoms with van der Waals surface area (Å²) in [6.07, 6.45) is 3.10. The van der Waals surface area contributed by atoms with E-state index in [0.29, 0.717) is 61.9 Å². The van der Waals surface area contributed by atoms with Gasteiger partial charge in [0.2, 0.25) is 0 Å². The van der Waals surface area contributed by atoms with Crippen LogP contribution in [0.5, 0.6) is 11.5 Å². The molecule has 1 aromatic heterocycles. The van der Waals surface area contributed by atoms with Gasteiger partial charge in [-0.2, -0.15) is 0 Å². The number of benzene rings is 1. The SMILES string of the molecule is O=C(c1ccc2c(c1)OCCO2)C1CCN(C(=O)c2ccc[nH]2)CC1. The van der Waals surface area contributed by atoms with Crippen molar-refractivity contribution in [1.29, 1.82) is 0 Å². The Morgan fingerprint density at radius 2 is 1.80 bits per heavy atom. The minimum Gasteiger partial charge on any atom is -0.486 e. The summed E-state index contributed by atoms with van der Waals surface area (Å²) < 4.78 is 11.1. The summed E-state index contributed by atoms with van der Waals surface area (Å²) in [6.45, 7) is 2.23. The second-order valence-electron chi connectivity index (χ2n) is 6.37. The van der Waals surface area contributed by atoms with Crippen LogP contribution in [0.15, 0.2) is 36.5 Å². The predicted molar refractivity (Wildman–Crippen MR) is 91.2 cm³/mol. The van der Waals surface area contributed by atoms with E-state index in [1.807, 2.05) is 6.07 Å². The van der Waals surface area contributed by atoms with Crippen molar-refractivity contribution in [3.63, 3.8) is 0 Å². The number of nitrogens with one attached hydrogen (secondary N) is 1. The number of aromatic nitrogens is 1. The third kappa shape index (κ3) is 3.12. The molecule has 0 bridgehead atoms. The number of amides is 1. The van der Waals surface area contributed by atoms with Gasteiger partial charge in [-0.1, -0.05) is 0 Å². The number of ketones is 1. The highest BCUT2D eigenvalue weighted by atomic mass is 16.6. The van der Waals surface area contributed by atoms with E-state index in [0.717, 1.165) is 0 Å². The van der Waals surface area contributed by atoms with Gasteiger partial charge in [-0.05, 0) is 43.2 Å². The minimum atomic E-state index is -0.0600. The second kappa shape index (κ2) is 6.63. The summed E-state index contributed by atoms with van der Waals surface area (Å²) in [5.74, 6) is 1.38. The fourth-order valence-corrected chi connectivity index (χ4v) is 3.41. The van der Waals surface area contributed by atoms with Gasteiger partial charge >= 0.3 is 0 Å². The average Bonchev–Trinajstić information content (AvgIpc) is 3.21. The molecule has 6 nitrogen and oxygen atoms in total. The molecule has 2 aliphatic heterocycles. The maximum absolute atomic E-state index is 12.8. The van der Waals surface area contributed by atoms with E-state index in [2.05, 4.69) is 4.98 Å². The lowest BCUT2D eigenvalue weighted by Crippen LogP contribution is -2.40. The quantitative estimate of drug-likeness (QED) is 0.872. The Labute approximate surface area is 145 Å². The van der Waals surface area contributed by atoms with Crippen molar-refractivity contribution in [3.8, 4) is 11.5 Å². The molecule has 130 valence electrons. The number of hydrogen-bond donors (Lipinski definition) is 1. The van der Waals surface area contributed by atoms with Gasteiger partial charge in [0.15, 0.2) is 17.3 Å². The average molecular weight is 340 g/mol. The van der Waals surface area contributed by atoms with Gasteiger partial charge in [-0.3, -0.25) is 9.59 Å². The number of ether oxygens (including phenoxy) is 2. The van der Waals surface area contributed by atoms with E-state index in [9.17, 15) is 9.59 Å². The molecule has 3 heterocycles. The molecule has 1 aromatic carbocycles. The van der Waals surface area contributed by atoms with Crippen LogP contribution in [0.4, 0.5) is 0 Å². The lowest BCUT2D eigenvalue weighted by atomic mass is 9.88. The van der Waals surface area contributed by atoms with E-state index in [-0.39, 0.29) is 17.6 Å². The Morgan fingerprint density at radius 3 is 2.52 bits per heavy atom. The van der Waals surface area contributed by atoms with Gasteiger partial charge < -0.3 is 19.4 Å². The van der Waals surface area contributed by atoms with Crippen molar-refractivity contribution in [2.24, 2.45) is 5.92 Å². The molecule has 4 rings (SSSR count). The first-order valence-corrected chi connectivity index (χ1v) is 8.59. The molecule has 1 amide bonds. The van der Waals surface area contributed by atoms with Gasteiger partial charge in [0.1, 0.15) is 18.9 Å². The van der Waals surface area contributed by atoms with E-state index in [4.69, 9.17) is 9.47 Å². The topological polar surface area (TPSA) is 71.6 Å². The van der Waals surface area contributed by atoms with Crippen molar-refractivity contribution in [2.75, 3.05) is 26.3 Å². The van der Waals surface area contributed by atoms with Gasteiger partial charge in [0.05, 0.1) is 0 Å². The van der Waals surface area contributed by atoms with Crippen LogP contribution in [0.2, 0.25) is 0 Å². The first-order chi connectivity index (χ1) is 12.2. The number of hydrogen-bond acceptors (Lipinski definition) is 4. The van der Waals surface area contributed by atoms with Crippen LogP contribution in [0.1, 0.15) is 33.7 Å². The zero-order chi connectivity index (χ0) is 17.2. The number of H-pyrrole nitrogens is 1. The third-order valence-corrected chi connectivity index (χ3v) is 4.81. The molecule has 6 heteroatoms. The number of aromatic amines is 1. The summed E-state index contributed by atoms with van der Waals surface area (Å²) in [5.41, 5.74) is 1.25. The maximum atomic E-state index is 12.8. The molecular formula is C19H20N2O4. The van der Waals surface area contributed by atoms with Crippen molar-refractivity contribution in [2.45, 2.75) is 12.8 Å². The molecule has 1 saturated heterocycles. The molecule has 1 fully saturated rings. The van der Waals surface area contributed by atoms with Gasteiger partial charge in [0, 0.05) is 30.8 Å². The van der Waals surface area contributed by atoms with E-state index >= 15 is 0 Å². The number of nitrogens with zero attached hydrogens (tertiary/aromatic N) is 1. The van der Waals surface area contributed by atoms with E-state index in [1.165, 1.54) is 0 Å².